The highest BCUT2D eigenvalue weighted by atomic mass is 32.1. The van der Waals surface area contributed by atoms with Gasteiger partial charge in [-0.2, -0.15) is 18.3 Å². The highest BCUT2D eigenvalue weighted by molar-refractivity contribution is 7.17. The Morgan fingerprint density at radius 2 is 2.17 bits per heavy atom. The van der Waals surface area contributed by atoms with E-state index in [1.54, 1.807) is 17.0 Å². The molecule has 130 valence electrons. The zero-order valence-corrected chi connectivity index (χ0v) is 13.8. The molecule has 1 fully saturated rings. The molecule has 1 saturated heterocycles. The molecule has 1 aliphatic heterocycles. The summed E-state index contributed by atoms with van der Waals surface area (Å²) < 4.78 is 39.4. The van der Waals surface area contributed by atoms with Crippen LogP contribution in [0.5, 0.6) is 0 Å². The normalized spacial score (nSPS) is 18.9. The van der Waals surface area contributed by atoms with Crippen molar-refractivity contribution in [3.05, 3.63) is 28.8 Å². The molecular weight excluding hydrogens is 341 g/mol. The molecule has 1 unspecified atom stereocenters. The van der Waals surface area contributed by atoms with Crippen LogP contribution in [0.15, 0.2) is 18.2 Å². The summed E-state index contributed by atoms with van der Waals surface area (Å²) in [4.78, 5) is 15.2. The van der Waals surface area contributed by atoms with Crippen molar-refractivity contribution in [2.45, 2.75) is 25.1 Å². The van der Waals surface area contributed by atoms with Gasteiger partial charge in [0.05, 0.1) is 9.75 Å². The summed E-state index contributed by atoms with van der Waals surface area (Å²) in [7, 11) is 1.25. The fourth-order valence-corrected chi connectivity index (χ4v) is 3.72. The summed E-state index contributed by atoms with van der Waals surface area (Å²) in [5.74, 6) is -0.131. The third-order valence-electron chi connectivity index (χ3n) is 3.98. The van der Waals surface area contributed by atoms with Gasteiger partial charge in [0.2, 0.25) is 0 Å². The van der Waals surface area contributed by atoms with Crippen molar-refractivity contribution < 1.29 is 18.0 Å². The number of rotatable bonds is 2. The lowest BCUT2D eigenvalue weighted by atomic mass is 10.1. The molecule has 3 heterocycles. The first-order valence-corrected chi connectivity index (χ1v) is 8.33. The van der Waals surface area contributed by atoms with Crippen LogP contribution >= 0.6 is 11.3 Å². The summed E-state index contributed by atoms with van der Waals surface area (Å²) in [6.07, 6.45) is -2.70. The number of thiophene rings is 1. The van der Waals surface area contributed by atoms with E-state index < -0.39 is 11.9 Å². The Kier molecular flexibility index (Phi) is 4.39. The Morgan fingerprint density at radius 1 is 1.42 bits per heavy atom. The van der Waals surface area contributed by atoms with Crippen LogP contribution in [0.25, 0.3) is 10.6 Å². The van der Waals surface area contributed by atoms with Crippen LogP contribution in [0.2, 0.25) is 0 Å². The minimum atomic E-state index is -4.46. The largest absolute Gasteiger partial charge is 0.433 e. The molecule has 3 rings (SSSR count). The van der Waals surface area contributed by atoms with Crippen molar-refractivity contribution in [1.82, 2.24) is 14.7 Å². The number of alkyl halides is 3. The van der Waals surface area contributed by atoms with E-state index in [0.717, 1.165) is 34.9 Å². The molecule has 0 radical (unpaired) electrons. The monoisotopic (exact) mass is 358 g/mol. The maximum Gasteiger partial charge on any atom is 0.433 e. The molecule has 0 aromatic carbocycles. The minimum Gasteiger partial charge on any atom is -0.336 e. The van der Waals surface area contributed by atoms with Crippen molar-refractivity contribution in [2.24, 2.45) is 12.8 Å². The third kappa shape index (κ3) is 3.32. The molecule has 0 spiro atoms. The molecule has 0 aliphatic carbocycles. The van der Waals surface area contributed by atoms with Gasteiger partial charge in [-0.25, -0.2) is 0 Å². The number of halogens is 3. The number of amides is 1. The van der Waals surface area contributed by atoms with Gasteiger partial charge in [-0.15, -0.1) is 11.3 Å². The summed E-state index contributed by atoms with van der Waals surface area (Å²) in [6, 6.07) is 4.23. The van der Waals surface area contributed by atoms with Crippen molar-refractivity contribution >= 4 is 17.2 Å². The summed E-state index contributed by atoms with van der Waals surface area (Å²) in [6.45, 7) is 1.16. The number of nitrogens with two attached hydrogens (primary N) is 1. The van der Waals surface area contributed by atoms with Crippen LogP contribution in [-0.2, 0) is 13.2 Å². The standard InChI is InChI=1S/C15H17F3N4OS/c1-21-13(15(16,17)18)7-10(20-21)11-4-5-12(24-11)14(23)22-6-2-3-9(19)8-22/h4-5,7,9H,2-3,6,8,19H2,1H3. The maximum atomic E-state index is 12.9. The van der Waals surface area contributed by atoms with Crippen molar-refractivity contribution in [2.75, 3.05) is 13.1 Å². The molecule has 1 aliphatic rings. The van der Waals surface area contributed by atoms with Crippen LogP contribution < -0.4 is 5.73 Å². The predicted octanol–water partition coefficient (Wildman–Crippen LogP) is 2.73. The van der Waals surface area contributed by atoms with Gasteiger partial charge in [-0.05, 0) is 31.0 Å². The molecule has 2 N–H and O–H groups in total. The highest BCUT2D eigenvalue weighted by Crippen LogP contribution is 2.34. The smallest absolute Gasteiger partial charge is 0.336 e. The lowest BCUT2D eigenvalue weighted by Crippen LogP contribution is -2.45. The van der Waals surface area contributed by atoms with E-state index in [-0.39, 0.29) is 17.6 Å². The zero-order chi connectivity index (χ0) is 17.5. The average molecular weight is 358 g/mol. The number of aryl methyl sites for hydroxylation is 1. The number of aromatic nitrogens is 2. The second kappa shape index (κ2) is 6.21. The number of hydrogen-bond acceptors (Lipinski definition) is 4. The van der Waals surface area contributed by atoms with Gasteiger partial charge in [-0.3, -0.25) is 9.48 Å². The Morgan fingerprint density at radius 3 is 2.79 bits per heavy atom. The second-order valence-electron chi connectivity index (χ2n) is 5.85. The van der Waals surface area contributed by atoms with Gasteiger partial charge in [0.25, 0.3) is 5.91 Å². The van der Waals surface area contributed by atoms with Crippen LogP contribution in [0.4, 0.5) is 13.2 Å². The van der Waals surface area contributed by atoms with Crippen molar-refractivity contribution in [3.63, 3.8) is 0 Å². The first-order valence-electron chi connectivity index (χ1n) is 7.52. The average Bonchev–Trinajstić information content (AvgIpc) is 3.12. The lowest BCUT2D eigenvalue weighted by molar-refractivity contribution is -0.143. The van der Waals surface area contributed by atoms with Gasteiger partial charge in [0.15, 0.2) is 0 Å². The minimum absolute atomic E-state index is 0.0210. The zero-order valence-electron chi connectivity index (χ0n) is 13.0. The van der Waals surface area contributed by atoms with Crippen molar-refractivity contribution in [3.8, 4) is 10.6 Å². The predicted molar refractivity (Wildman–Crippen MR) is 84.6 cm³/mol. The van der Waals surface area contributed by atoms with Gasteiger partial charge in [-0.1, -0.05) is 0 Å². The summed E-state index contributed by atoms with van der Waals surface area (Å²) >= 11 is 1.15. The number of nitrogens with zero attached hydrogens (tertiary/aromatic N) is 3. The Hall–Kier alpha value is -1.87. The number of carbonyl (C=O) groups is 1. The second-order valence-corrected chi connectivity index (χ2v) is 6.94. The van der Waals surface area contributed by atoms with E-state index in [0.29, 0.717) is 22.8 Å². The van der Waals surface area contributed by atoms with E-state index in [1.807, 2.05) is 0 Å². The molecule has 2 aromatic rings. The highest BCUT2D eigenvalue weighted by Gasteiger charge is 2.35. The topological polar surface area (TPSA) is 64.2 Å². The van der Waals surface area contributed by atoms with E-state index in [4.69, 9.17) is 5.73 Å². The number of carbonyl (C=O) groups excluding carboxylic acids is 1. The van der Waals surface area contributed by atoms with Gasteiger partial charge in [0.1, 0.15) is 11.4 Å². The third-order valence-corrected chi connectivity index (χ3v) is 5.08. The fraction of sp³-hybridized carbons (Fsp3) is 0.467. The van der Waals surface area contributed by atoms with Crippen LogP contribution in [0.1, 0.15) is 28.2 Å². The number of hydrogen-bond donors (Lipinski definition) is 1. The molecule has 5 nitrogen and oxygen atoms in total. The van der Waals surface area contributed by atoms with Crippen LogP contribution in [-0.4, -0.2) is 39.7 Å². The van der Waals surface area contributed by atoms with Crippen LogP contribution in [0, 0.1) is 0 Å². The van der Waals surface area contributed by atoms with E-state index in [1.165, 1.54) is 7.05 Å². The lowest BCUT2D eigenvalue weighted by Gasteiger charge is -2.30. The van der Waals surface area contributed by atoms with E-state index >= 15 is 0 Å². The van der Waals surface area contributed by atoms with Gasteiger partial charge in [0, 0.05) is 26.2 Å². The molecule has 0 saturated carbocycles. The van der Waals surface area contributed by atoms with E-state index in [2.05, 4.69) is 5.10 Å². The quantitative estimate of drug-likeness (QED) is 0.898. The first-order chi connectivity index (χ1) is 11.3. The Labute approximate surface area is 140 Å². The molecular formula is C15H17F3N4OS. The fourth-order valence-electron chi connectivity index (χ4n) is 2.79. The van der Waals surface area contributed by atoms with Gasteiger partial charge < -0.3 is 10.6 Å². The molecule has 0 bridgehead atoms. The van der Waals surface area contributed by atoms with Gasteiger partial charge >= 0.3 is 6.18 Å². The number of likely N-dealkylation sites (tertiary alicyclic amines) is 1. The van der Waals surface area contributed by atoms with Crippen molar-refractivity contribution in [1.29, 1.82) is 0 Å². The summed E-state index contributed by atoms with van der Waals surface area (Å²) in [5, 5.41) is 3.91. The summed E-state index contributed by atoms with van der Waals surface area (Å²) in [5.41, 5.74) is 5.28. The molecule has 1 amide bonds. The SMILES string of the molecule is Cn1nc(-c2ccc(C(=O)N3CCCC(N)C3)s2)cc1C(F)(F)F. The first kappa shape index (κ1) is 17.0. The molecule has 24 heavy (non-hydrogen) atoms. The number of piperidine rings is 1. The maximum absolute atomic E-state index is 12.9. The molecule has 9 heteroatoms. The van der Waals surface area contributed by atoms with Crippen LogP contribution in [0.3, 0.4) is 0 Å². The Bertz CT molecular complexity index is 752. The Balaban J connectivity index is 1.82. The molecule has 2 aromatic heterocycles. The van der Waals surface area contributed by atoms with E-state index in [9.17, 15) is 18.0 Å². The molecule has 1 atom stereocenters.